The van der Waals surface area contributed by atoms with Crippen LogP contribution in [0.3, 0.4) is 0 Å². The van der Waals surface area contributed by atoms with Crippen molar-refractivity contribution in [3.05, 3.63) is 84.1 Å². The summed E-state index contributed by atoms with van der Waals surface area (Å²) in [5.74, 6) is 3.46. The minimum absolute atomic E-state index is 0.561. The standard InChI is InChI=1S/C20H15NO/c1-2-16-12-13-21-20(14-16)18-8-10-19(11-9-18)22-15-17-6-4-3-5-7-17/h1,3-14H,15H2. The van der Waals surface area contributed by atoms with Gasteiger partial charge in [-0.15, -0.1) is 6.42 Å². The average Bonchev–Trinajstić information content (AvgIpc) is 2.61. The fourth-order valence-electron chi connectivity index (χ4n) is 2.14. The first-order valence-electron chi connectivity index (χ1n) is 7.05. The molecule has 1 aromatic heterocycles. The first-order chi connectivity index (χ1) is 10.8. The van der Waals surface area contributed by atoms with Crippen LogP contribution in [0.4, 0.5) is 0 Å². The number of hydrogen-bond acceptors (Lipinski definition) is 2. The lowest BCUT2D eigenvalue weighted by molar-refractivity contribution is 0.306. The maximum atomic E-state index is 5.78. The van der Waals surface area contributed by atoms with Crippen molar-refractivity contribution in [1.82, 2.24) is 4.98 Å². The van der Waals surface area contributed by atoms with E-state index in [-0.39, 0.29) is 0 Å². The van der Waals surface area contributed by atoms with Gasteiger partial charge in [0.05, 0.1) is 5.69 Å². The van der Waals surface area contributed by atoms with Gasteiger partial charge in [-0.2, -0.15) is 0 Å². The molecular formula is C20H15NO. The van der Waals surface area contributed by atoms with Gasteiger partial charge in [0, 0.05) is 17.3 Å². The van der Waals surface area contributed by atoms with Gasteiger partial charge < -0.3 is 4.74 Å². The monoisotopic (exact) mass is 285 g/mol. The summed E-state index contributed by atoms with van der Waals surface area (Å²) < 4.78 is 5.78. The molecule has 1 heterocycles. The molecule has 3 aromatic rings. The fraction of sp³-hybridized carbons (Fsp3) is 0.0500. The Balaban J connectivity index is 1.71. The number of benzene rings is 2. The molecule has 0 unspecified atom stereocenters. The number of ether oxygens (including phenoxy) is 1. The number of aromatic nitrogens is 1. The third-order valence-corrected chi connectivity index (χ3v) is 3.33. The van der Waals surface area contributed by atoms with Gasteiger partial charge in [0.2, 0.25) is 0 Å². The van der Waals surface area contributed by atoms with Crippen LogP contribution >= 0.6 is 0 Å². The molecule has 0 saturated heterocycles. The lowest BCUT2D eigenvalue weighted by Gasteiger charge is -2.07. The Kier molecular flexibility index (Phi) is 4.17. The average molecular weight is 285 g/mol. The summed E-state index contributed by atoms with van der Waals surface area (Å²) in [6, 6.07) is 21.7. The van der Waals surface area contributed by atoms with E-state index in [1.54, 1.807) is 6.20 Å². The summed E-state index contributed by atoms with van der Waals surface area (Å²) in [5, 5.41) is 0. The molecule has 0 N–H and O–H groups in total. The highest BCUT2D eigenvalue weighted by Crippen LogP contribution is 2.21. The molecule has 0 radical (unpaired) electrons. The molecule has 0 fully saturated rings. The van der Waals surface area contributed by atoms with Gasteiger partial charge in [-0.25, -0.2) is 0 Å². The first kappa shape index (κ1) is 13.9. The number of hydrogen-bond donors (Lipinski definition) is 0. The van der Waals surface area contributed by atoms with Crippen LogP contribution in [-0.4, -0.2) is 4.98 Å². The van der Waals surface area contributed by atoms with E-state index in [9.17, 15) is 0 Å². The summed E-state index contributed by atoms with van der Waals surface area (Å²) >= 11 is 0. The molecule has 0 aliphatic heterocycles. The molecule has 2 nitrogen and oxygen atoms in total. The van der Waals surface area contributed by atoms with Crippen molar-refractivity contribution in [3.63, 3.8) is 0 Å². The Bertz CT molecular complexity index is 786. The van der Waals surface area contributed by atoms with Crippen LogP contribution in [0.1, 0.15) is 11.1 Å². The Labute approximate surface area is 130 Å². The van der Waals surface area contributed by atoms with E-state index >= 15 is 0 Å². The Morgan fingerprint density at radius 1 is 0.955 bits per heavy atom. The fourth-order valence-corrected chi connectivity index (χ4v) is 2.14. The number of rotatable bonds is 4. The second-order valence-electron chi connectivity index (χ2n) is 4.87. The van der Waals surface area contributed by atoms with Crippen molar-refractivity contribution in [2.45, 2.75) is 6.61 Å². The van der Waals surface area contributed by atoms with Crippen LogP contribution in [0.15, 0.2) is 72.9 Å². The topological polar surface area (TPSA) is 22.1 Å². The van der Waals surface area contributed by atoms with Crippen molar-refractivity contribution in [3.8, 4) is 29.4 Å². The zero-order valence-electron chi connectivity index (χ0n) is 12.1. The molecule has 3 rings (SSSR count). The van der Waals surface area contributed by atoms with Gasteiger partial charge >= 0.3 is 0 Å². The van der Waals surface area contributed by atoms with E-state index in [1.807, 2.05) is 66.7 Å². The maximum Gasteiger partial charge on any atom is 0.119 e. The summed E-state index contributed by atoms with van der Waals surface area (Å²) in [7, 11) is 0. The lowest BCUT2D eigenvalue weighted by atomic mass is 10.1. The minimum atomic E-state index is 0.561. The van der Waals surface area contributed by atoms with Gasteiger partial charge in [0.1, 0.15) is 12.4 Å². The van der Waals surface area contributed by atoms with Crippen molar-refractivity contribution in [2.75, 3.05) is 0 Å². The van der Waals surface area contributed by atoms with E-state index < -0.39 is 0 Å². The minimum Gasteiger partial charge on any atom is -0.489 e. The second-order valence-corrected chi connectivity index (χ2v) is 4.87. The summed E-state index contributed by atoms with van der Waals surface area (Å²) in [6.45, 7) is 0.561. The predicted molar refractivity (Wildman–Crippen MR) is 88.4 cm³/mol. The third-order valence-electron chi connectivity index (χ3n) is 3.33. The number of terminal acetylenes is 1. The molecule has 0 saturated carbocycles. The van der Waals surface area contributed by atoms with E-state index in [0.717, 1.165) is 28.1 Å². The predicted octanol–water partition coefficient (Wildman–Crippen LogP) is 4.31. The summed E-state index contributed by atoms with van der Waals surface area (Å²) in [4.78, 5) is 4.34. The lowest BCUT2D eigenvalue weighted by Crippen LogP contribution is -1.94. The van der Waals surface area contributed by atoms with Gasteiger partial charge in [-0.3, -0.25) is 4.98 Å². The van der Waals surface area contributed by atoms with Gasteiger partial charge in [-0.1, -0.05) is 36.3 Å². The van der Waals surface area contributed by atoms with E-state index in [0.29, 0.717) is 6.61 Å². The van der Waals surface area contributed by atoms with E-state index in [4.69, 9.17) is 11.2 Å². The largest absolute Gasteiger partial charge is 0.489 e. The van der Waals surface area contributed by atoms with Crippen molar-refractivity contribution < 1.29 is 4.74 Å². The van der Waals surface area contributed by atoms with Crippen LogP contribution in [0.25, 0.3) is 11.3 Å². The summed E-state index contributed by atoms with van der Waals surface area (Å²) in [5.41, 5.74) is 3.86. The van der Waals surface area contributed by atoms with Crippen LogP contribution in [-0.2, 0) is 6.61 Å². The second kappa shape index (κ2) is 6.60. The molecule has 0 spiro atoms. The van der Waals surface area contributed by atoms with E-state index in [2.05, 4.69) is 10.9 Å². The molecule has 0 amide bonds. The third kappa shape index (κ3) is 3.34. The highest BCUT2D eigenvalue weighted by molar-refractivity contribution is 5.61. The molecule has 0 atom stereocenters. The Morgan fingerprint density at radius 3 is 2.45 bits per heavy atom. The molecule has 106 valence electrons. The smallest absolute Gasteiger partial charge is 0.119 e. The SMILES string of the molecule is C#Cc1ccnc(-c2ccc(OCc3ccccc3)cc2)c1. The first-order valence-corrected chi connectivity index (χ1v) is 7.05. The Morgan fingerprint density at radius 2 is 1.73 bits per heavy atom. The molecule has 0 aliphatic carbocycles. The quantitative estimate of drug-likeness (QED) is 0.666. The van der Waals surface area contributed by atoms with Crippen LogP contribution in [0, 0.1) is 12.3 Å². The van der Waals surface area contributed by atoms with Gasteiger partial charge in [0.25, 0.3) is 0 Å². The zero-order chi connectivity index (χ0) is 15.2. The van der Waals surface area contributed by atoms with Crippen molar-refractivity contribution >= 4 is 0 Å². The highest BCUT2D eigenvalue weighted by atomic mass is 16.5. The maximum absolute atomic E-state index is 5.78. The number of pyridine rings is 1. The van der Waals surface area contributed by atoms with E-state index in [1.165, 1.54) is 0 Å². The molecule has 0 aliphatic rings. The number of nitrogens with zero attached hydrogens (tertiary/aromatic N) is 1. The van der Waals surface area contributed by atoms with Crippen LogP contribution in [0.2, 0.25) is 0 Å². The normalized spacial score (nSPS) is 9.95. The Hall–Kier alpha value is -3.05. The molecule has 0 bridgehead atoms. The van der Waals surface area contributed by atoms with Gasteiger partial charge in [0.15, 0.2) is 0 Å². The van der Waals surface area contributed by atoms with Crippen molar-refractivity contribution in [2.24, 2.45) is 0 Å². The van der Waals surface area contributed by atoms with Gasteiger partial charge in [-0.05, 0) is 42.0 Å². The van der Waals surface area contributed by atoms with Crippen LogP contribution in [0.5, 0.6) is 5.75 Å². The molecular weight excluding hydrogens is 270 g/mol. The molecule has 2 heteroatoms. The van der Waals surface area contributed by atoms with Crippen LogP contribution < -0.4 is 4.74 Å². The summed E-state index contributed by atoms with van der Waals surface area (Å²) in [6.07, 6.45) is 7.14. The molecule has 2 aromatic carbocycles. The highest BCUT2D eigenvalue weighted by Gasteiger charge is 2.01. The molecule has 22 heavy (non-hydrogen) atoms. The van der Waals surface area contributed by atoms with Crippen molar-refractivity contribution in [1.29, 1.82) is 0 Å². The zero-order valence-corrected chi connectivity index (χ0v) is 12.1.